The first-order valence-corrected chi connectivity index (χ1v) is 11.6. The maximum absolute atomic E-state index is 14.9. The number of fused-ring (bicyclic) bond motifs is 1. The van der Waals surface area contributed by atoms with Crippen LogP contribution in [0.25, 0.3) is 20.9 Å². The molecule has 1 amide bonds. The van der Waals surface area contributed by atoms with Crippen molar-refractivity contribution in [3.8, 4) is 10.6 Å². The van der Waals surface area contributed by atoms with Gasteiger partial charge in [0.25, 0.3) is 0 Å². The van der Waals surface area contributed by atoms with Gasteiger partial charge >= 0.3 is 5.97 Å². The summed E-state index contributed by atoms with van der Waals surface area (Å²) in [7, 11) is 0. The van der Waals surface area contributed by atoms with Crippen LogP contribution in [0.4, 0.5) is 10.1 Å². The molecule has 1 aliphatic rings. The zero-order valence-electron chi connectivity index (χ0n) is 18.0. The SMILES string of the molecule is N[C@@H](CC(=O)O)C(=O)Nc1ccc(-c2nc3ccc(C4(c5ccccc5)CC4)nc3s2)c(F)c1. The number of carboxylic acids is 1. The molecular formula is C25H21FN4O3S. The summed E-state index contributed by atoms with van der Waals surface area (Å²) < 4.78 is 14.9. The summed E-state index contributed by atoms with van der Waals surface area (Å²) in [6.45, 7) is 0. The highest BCUT2D eigenvalue weighted by molar-refractivity contribution is 7.21. The van der Waals surface area contributed by atoms with E-state index >= 15 is 0 Å². The topological polar surface area (TPSA) is 118 Å². The van der Waals surface area contributed by atoms with Crippen molar-refractivity contribution in [1.82, 2.24) is 9.97 Å². The maximum atomic E-state index is 14.9. The molecule has 2 heterocycles. The Labute approximate surface area is 198 Å². The van der Waals surface area contributed by atoms with E-state index in [1.54, 1.807) is 0 Å². The van der Waals surface area contributed by atoms with E-state index in [0.29, 0.717) is 16.1 Å². The number of pyridine rings is 1. The van der Waals surface area contributed by atoms with Gasteiger partial charge in [-0.2, -0.15) is 0 Å². The lowest BCUT2D eigenvalue weighted by molar-refractivity contribution is -0.138. The van der Waals surface area contributed by atoms with Crippen molar-refractivity contribution in [3.63, 3.8) is 0 Å². The second-order valence-electron chi connectivity index (χ2n) is 8.38. The van der Waals surface area contributed by atoms with Crippen molar-refractivity contribution < 1.29 is 19.1 Å². The third-order valence-electron chi connectivity index (χ3n) is 6.02. The van der Waals surface area contributed by atoms with E-state index in [0.717, 1.165) is 23.4 Å². The van der Waals surface area contributed by atoms with Crippen molar-refractivity contribution in [2.75, 3.05) is 5.32 Å². The van der Waals surface area contributed by atoms with E-state index in [-0.39, 0.29) is 11.1 Å². The van der Waals surface area contributed by atoms with Crippen LogP contribution in [0, 0.1) is 5.82 Å². The fraction of sp³-hybridized carbons (Fsp3) is 0.200. The summed E-state index contributed by atoms with van der Waals surface area (Å²) in [4.78, 5) is 32.9. The molecule has 34 heavy (non-hydrogen) atoms. The van der Waals surface area contributed by atoms with E-state index in [4.69, 9.17) is 15.8 Å². The van der Waals surface area contributed by atoms with Crippen LogP contribution in [0.5, 0.6) is 0 Å². The number of amides is 1. The smallest absolute Gasteiger partial charge is 0.305 e. The van der Waals surface area contributed by atoms with E-state index < -0.39 is 30.2 Å². The second kappa shape index (κ2) is 8.58. The Morgan fingerprint density at radius 1 is 1.12 bits per heavy atom. The van der Waals surface area contributed by atoms with Gasteiger partial charge in [-0.3, -0.25) is 9.59 Å². The summed E-state index contributed by atoms with van der Waals surface area (Å²) in [5, 5.41) is 11.7. The summed E-state index contributed by atoms with van der Waals surface area (Å²) >= 11 is 1.31. The molecule has 0 aliphatic heterocycles. The molecule has 5 rings (SSSR count). The molecule has 7 nitrogen and oxygen atoms in total. The van der Waals surface area contributed by atoms with Gasteiger partial charge in [0, 0.05) is 16.7 Å². The Kier molecular flexibility index (Phi) is 5.59. The zero-order chi connectivity index (χ0) is 23.9. The Morgan fingerprint density at radius 3 is 2.56 bits per heavy atom. The Morgan fingerprint density at radius 2 is 1.88 bits per heavy atom. The number of aliphatic carboxylic acids is 1. The van der Waals surface area contributed by atoms with Gasteiger partial charge in [0.15, 0.2) is 0 Å². The molecule has 0 radical (unpaired) electrons. The average Bonchev–Trinajstić information content (AvgIpc) is 3.52. The van der Waals surface area contributed by atoms with Gasteiger partial charge in [-0.25, -0.2) is 14.4 Å². The van der Waals surface area contributed by atoms with Gasteiger partial charge in [-0.15, -0.1) is 0 Å². The highest BCUT2D eigenvalue weighted by Crippen LogP contribution is 2.53. The van der Waals surface area contributed by atoms with Gasteiger partial charge in [0.05, 0.1) is 18.2 Å². The summed E-state index contributed by atoms with van der Waals surface area (Å²) in [5.41, 5.74) is 8.91. The van der Waals surface area contributed by atoms with Crippen LogP contribution in [0.15, 0.2) is 60.7 Å². The lowest BCUT2D eigenvalue weighted by atomic mass is 9.92. The number of hydrogen-bond acceptors (Lipinski definition) is 6. The van der Waals surface area contributed by atoms with Gasteiger partial charge in [-0.1, -0.05) is 41.7 Å². The highest BCUT2D eigenvalue weighted by atomic mass is 32.1. The number of carbonyl (C=O) groups excluding carboxylic acids is 1. The fourth-order valence-corrected chi connectivity index (χ4v) is 5.02. The van der Waals surface area contributed by atoms with Gasteiger partial charge in [-0.05, 0) is 48.7 Å². The number of hydrogen-bond donors (Lipinski definition) is 3. The van der Waals surface area contributed by atoms with Crippen LogP contribution in [0.3, 0.4) is 0 Å². The predicted molar refractivity (Wildman–Crippen MR) is 128 cm³/mol. The van der Waals surface area contributed by atoms with Gasteiger partial charge in [0.2, 0.25) is 5.91 Å². The molecule has 1 saturated carbocycles. The molecule has 1 fully saturated rings. The lowest BCUT2D eigenvalue weighted by Crippen LogP contribution is -2.37. The molecule has 0 bridgehead atoms. The van der Waals surface area contributed by atoms with Crippen molar-refractivity contribution in [1.29, 1.82) is 0 Å². The lowest BCUT2D eigenvalue weighted by Gasteiger charge is -2.14. The number of thiazole rings is 1. The zero-order valence-corrected chi connectivity index (χ0v) is 18.8. The molecule has 1 atom stereocenters. The van der Waals surface area contributed by atoms with Crippen LogP contribution in [0.2, 0.25) is 0 Å². The van der Waals surface area contributed by atoms with E-state index in [1.165, 1.54) is 35.1 Å². The first kappa shape index (κ1) is 22.1. The third-order valence-corrected chi connectivity index (χ3v) is 7.02. The van der Waals surface area contributed by atoms with Crippen LogP contribution < -0.4 is 11.1 Å². The molecule has 172 valence electrons. The summed E-state index contributed by atoms with van der Waals surface area (Å²) in [6.07, 6.45) is 1.57. The van der Waals surface area contributed by atoms with Crippen LogP contribution in [0.1, 0.15) is 30.5 Å². The quantitative estimate of drug-likeness (QED) is 0.366. The summed E-state index contributed by atoms with van der Waals surface area (Å²) in [5.74, 6) is -2.45. The fourth-order valence-electron chi connectivity index (χ4n) is 4.06. The summed E-state index contributed by atoms with van der Waals surface area (Å²) in [6, 6.07) is 17.3. The predicted octanol–water partition coefficient (Wildman–Crippen LogP) is 4.32. The van der Waals surface area contributed by atoms with Crippen molar-refractivity contribution in [2.24, 2.45) is 5.73 Å². The van der Waals surface area contributed by atoms with Crippen LogP contribution in [-0.4, -0.2) is 33.0 Å². The molecule has 2 aromatic carbocycles. The third kappa shape index (κ3) is 4.15. The number of nitrogens with two attached hydrogens (primary N) is 1. The number of carbonyl (C=O) groups is 2. The molecule has 1 aliphatic carbocycles. The molecule has 0 unspecified atom stereocenters. The van der Waals surface area contributed by atoms with E-state index in [1.807, 2.05) is 30.3 Å². The van der Waals surface area contributed by atoms with E-state index in [2.05, 4.69) is 22.4 Å². The number of benzene rings is 2. The molecule has 2 aromatic heterocycles. The minimum Gasteiger partial charge on any atom is -0.481 e. The first-order valence-electron chi connectivity index (χ1n) is 10.8. The van der Waals surface area contributed by atoms with Gasteiger partial charge in [0.1, 0.15) is 21.2 Å². The molecular weight excluding hydrogens is 455 g/mol. The maximum Gasteiger partial charge on any atom is 0.305 e. The van der Waals surface area contributed by atoms with Crippen molar-refractivity contribution in [2.45, 2.75) is 30.7 Å². The Hall–Kier alpha value is -3.69. The minimum atomic E-state index is -1.23. The standard InChI is InChI=1S/C25H21FN4O3S/c26-17-12-15(28-22(33)18(27)13-21(31)32)6-7-16(17)23-29-19-8-9-20(30-24(19)34-23)25(10-11-25)14-4-2-1-3-5-14/h1-9,12,18H,10-11,13,27H2,(H,28,33)(H,31,32)/t18-/m0/s1. The molecule has 0 saturated heterocycles. The number of halogens is 1. The Balaban J connectivity index is 1.39. The highest BCUT2D eigenvalue weighted by Gasteiger charge is 2.47. The molecule has 9 heteroatoms. The number of carboxylic acid groups (broad SMARTS) is 1. The average molecular weight is 477 g/mol. The molecule has 4 N–H and O–H groups in total. The van der Waals surface area contributed by atoms with E-state index in [9.17, 15) is 14.0 Å². The second-order valence-corrected chi connectivity index (χ2v) is 9.35. The Bertz CT molecular complexity index is 1400. The largest absolute Gasteiger partial charge is 0.481 e. The number of aromatic nitrogens is 2. The van der Waals surface area contributed by atoms with Gasteiger partial charge < -0.3 is 16.2 Å². The number of nitrogens with zero attached hydrogens (tertiary/aromatic N) is 2. The number of rotatable bonds is 7. The number of anilines is 1. The monoisotopic (exact) mass is 476 g/mol. The van der Waals surface area contributed by atoms with Crippen LogP contribution in [-0.2, 0) is 15.0 Å². The molecule has 4 aromatic rings. The molecule has 0 spiro atoms. The van der Waals surface area contributed by atoms with Crippen LogP contribution >= 0.6 is 11.3 Å². The van der Waals surface area contributed by atoms with Crippen molar-refractivity contribution in [3.05, 3.63) is 77.7 Å². The first-order chi connectivity index (χ1) is 16.4. The normalized spacial score (nSPS) is 15.1. The number of nitrogens with one attached hydrogen (secondary N) is 1. The minimum absolute atomic E-state index is 0.0633. The van der Waals surface area contributed by atoms with Crippen molar-refractivity contribution >= 4 is 39.2 Å².